The van der Waals surface area contributed by atoms with E-state index in [-0.39, 0.29) is 24.0 Å². The molecule has 0 saturated carbocycles. The Hall–Kier alpha value is -3.58. The fraction of sp³-hybridized carbons (Fsp3) is 0.0476. The molecule has 4 rings (SSSR count). The second-order valence-corrected chi connectivity index (χ2v) is 6.62. The summed E-state index contributed by atoms with van der Waals surface area (Å²) in [6, 6.07) is 14.5. The third-order valence-corrected chi connectivity index (χ3v) is 4.43. The highest BCUT2D eigenvalue weighted by atomic mass is 35.5. The van der Waals surface area contributed by atoms with E-state index < -0.39 is 0 Å². The van der Waals surface area contributed by atoms with Crippen molar-refractivity contribution in [1.29, 1.82) is 0 Å². The first-order chi connectivity index (χ1) is 14.1. The highest BCUT2D eigenvalue weighted by Crippen LogP contribution is 2.36. The van der Waals surface area contributed by atoms with Crippen LogP contribution in [0.25, 0.3) is 22.5 Å². The van der Waals surface area contributed by atoms with Crippen molar-refractivity contribution in [3.63, 3.8) is 0 Å². The highest BCUT2D eigenvalue weighted by Gasteiger charge is 2.22. The van der Waals surface area contributed by atoms with Crippen molar-refractivity contribution in [3.05, 3.63) is 83.5 Å². The molecule has 0 aliphatic heterocycles. The largest absolute Gasteiger partial charge is 0.337 e. The molecule has 0 aliphatic carbocycles. The summed E-state index contributed by atoms with van der Waals surface area (Å²) < 4.78 is 18.7. The van der Waals surface area contributed by atoms with Crippen molar-refractivity contribution >= 4 is 23.4 Å². The SMILES string of the molecule is O=C(Cc1ccc(Cl)cc1)Nc1onc(-c2ccc(F)cc2)c1-c1ccncn1. The molecule has 2 heterocycles. The first kappa shape index (κ1) is 18.8. The van der Waals surface area contributed by atoms with Gasteiger partial charge in [-0.3, -0.25) is 10.1 Å². The minimum absolute atomic E-state index is 0.132. The molecule has 0 aliphatic rings. The molecule has 0 bridgehead atoms. The van der Waals surface area contributed by atoms with Gasteiger partial charge in [0, 0.05) is 16.8 Å². The van der Waals surface area contributed by atoms with Gasteiger partial charge in [0.2, 0.25) is 11.8 Å². The number of anilines is 1. The van der Waals surface area contributed by atoms with Crippen LogP contribution in [0.3, 0.4) is 0 Å². The molecule has 1 N–H and O–H groups in total. The van der Waals surface area contributed by atoms with Crippen LogP contribution in [-0.4, -0.2) is 21.0 Å². The molecule has 0 spiro atoms. The molecule has 0 fully saturated rings. The second kappa shape index (κ2) is 8.20. The monoisotopic (exact) mass is 408 g/mol. The average Bonchev–Trinajstić information content (AvgIpc) is 3.14. The Bertz CT molecular complexity index is 1130. The number of amides is 1. The van der Waals surface area contributed by atoms with Gasteiger partial charge >= 0.3 is 0 Å². The van der Waals surface area contributed by atoms with Crippen molar-refractivity contribution in [2.45, 2.75) is 6.42 Å². The van der Waals surface area contributed by atoms with E-state index in [2.05, 4.69) is 20.4 Å². The van der Waals surface area contributed by atoms with Crippen LogP contribution in [0.15, 0.2) is 71.6 Å². The molecular formula is C21H14ClFN4O2. The Kier molecular flexibility index (Phi) is 5.31. The number of benzene rings is 2. The Morgan fingerprint density at radius 3 is 2.52 bits per heavy atom. The van der Waals surface area contributed by atoms with Crippen LogP contribution in [0.4, 0.5) is 10.3 Å². The van der Waals surface area contributed by atoms with Gasteiger partial charge in [0.25, 0.3) is 0 Å². The third kappa shape index (κ3) is 4.30. The van der Waals surface area contributed by atoms with E-state index >= 15 is 0 Å². The predicted molar refractivity (Wildman–Crippen MR) is 107 cm³/mol. The molecule has 0 radical (unpaired) electrons. The van der Waals surface area contributed by atoms with Gasteiger partial charge in [0.15, 0.2) is 0 Å². The van der Waals surface area contributed by atoms with Crippen LogP contribution in [0, 0.1) is 5.82 Å². The van der Waals surface area contributed by atoms with Gasteiger partial charge in [-0.15, -0.1) is 0 Å². The van der Waals surface area contributed by atoms with Gasteiger partial charge in [-0.2, -0.15) is 0 Å². The number of rotatable bonds is 5. The maximum atomic E-state index is 13.3. The van der Waals surface area contributed by atoms with Crippen LogP contribution < -0.4 is 5.32 Å². The summed E-state index contributed by atoms with van der Waals surface area (Å²) in [7, 11) is 0. The number of carbonyl (C=O) groups is 1. The topological polar surface area (TPSA) is 80.9 Å². The minimum Gasteiger partial charge on any atom is -0.337 e. The lowest BCUT2D eigenvalue weighted by Crippen LogP contribution is -2.14. The molecule has 4 aromatic rings. The van der Waals surface area contributed by atoms with Crippen molar-refractivity contribution in [1.82, 2.24) is 15.1 Å². The van der Waals surface area contributed by atoms with E-state index in [4.69, 9.17) is 16.1 Å². The van der Waals surface area contributed by atoms with Gasteiger partial charge < -0.3 is 4.52 Å². The number of nitrogens with one attached hydrogen (secondary N) is 1. The Morgan fingerprint density at radius 2 is 1.83 bits per heavy atom. The van der Waals surface area contributed by atoms with Crippen molar-refractivity contribution < 1.29 is 13.7 Å². The van der Waals surface area contributed by atoms with Gasteiger partial charge in [-0.25, -0.2) is 14.4 Å². The normalized spacial score (nSPS) is 10.7. The molecule has 0 atom stereocenters. The van der Waals surface area contributed by atoms with Gasteiger partial charge in [-0.05, 0) is 48.0 Å². The van der Waals surface area contributed by atoms with Crippen LogP contribution in [0.1, 0.15) is 5.56 Å². The second-order valence-electron chi connectivity index (χ2n) is 6.19. The third-order valence-electron chi connectivity index (χ3n) is 4.18. The lowest BCUT2D eigenvalue weighted by molar-refractivity contribution is -0.115. The van der Waals surface area contributed by atoms with Crippen LogP contribution in [0.2, 0.25) is 5.02 Å². The van der Waals surface area contributed by atoms with E-state index in [9.17, 15) is 9.18 Å². The molecule has 1 amide bonds. The Morgan fingerprint density at radius 1 is 1.07 bits per heavy atom. The van der Waals surface area contributed by atoms with E-state index in [0.29, 0.717) is 27.5 Å². The summed E-state index contributed by atoms with van der Waals surface area (Å²) in [6.45, 7) is 0. The van der Waals surface area contributed by atoms with E-state index in [1.54, 1.807) is 48.7 Å². The summed E-state index contributed by atoms with van der Waals surface area (Å²) in [5.41, 5.74) is 2.87. The summed E-state index contributed by atoms with van der Waals surface area (Å²) in [6.07, 6.45) is 3.09. The maximum Gasteiger partial charge on any atom is 0.241 e. The van der Waals surface area contributed by atoms with Gasteiger partial charge in [0.1, 0.15) is 17.8 Å². The van der Waals surface area contributed by atoms with Crippen LogP contribution >= 0.6 is 11.6 Å². The Labute approximate surface area is 170 Å². The number of hydrogen-bond donors (Lipinski definition) is 1. The number of halogens is 2. The predicted octanol–water partition coefficient (Wildman–Crippen LogP) is 4.77. The number of carbonyl (C=O) groups excluding carboxylic acids is 1. The summed E-state index contributed by atoms with van der Waals surface area (Å²) in [4.78, 5) is 20.7. The zero-order valence-electron chi connectivity index (χ0n) is 15.0. The quantitative estimate of drug-likeness (QED) is 0.514. The molecule has 144 valence electrons. The van der Waals surface area contributed by atoms with Crippen LogP contribution in [-0.2, 0) is 11.2 Å². The van der Waals surface area contributed by atoms with Crippen molar-refractivity contribution in [2.24, 2.45) is 0 Å². The Balaban J connectivity index is 1.67. The van der Waals surface area contributed by atoms with Crippen molar-refractivity contribution in [2.75, 3.05) is 5.32 Å². The van der Waals surface area contributed by atoms with Gasteiger partial charge in [-0.1, -0.05) is 28.9 Å². The summed E-state index contributed by atoms with van der Waals surface area (Å²) in [5, 5.41) is 7.41. The first-order valence-corrected chi connectivity index (χ1v) is 9.04. The standard InChI is InChI=1S/C21H14ClFN4O2/c22-15-5-1-13(2-6-15)11-18(28)26-21-19(17-9-10-24-12-25-17)20(27-29-21)14-3-7-16(23)8-4-14/h1-10,12H,11H2,(H,26,28). The molecule has 29 heavy (non-hydrogen) atoms. The fourth-order valence-corrected chi connectivity index (χ4v) is 2.94. The average molecular weight is 409 g/mol. The summed E-state index contributed by atoms with van der Waals surface area (Å²) >= 11 is 5.88. The lowest BCUT2D eigenvalue weighted by Gasteiger charge is -2.06. The molecule has 0 saturated heterocycles. The molecule has 6 nitrogen and oxygen atoms in total. The van der Waals surface area contributed by atoms with E-state index in [1.807, 2.05) is 0 Å². The molecule has 0 unspecified atom stereocenters. The lowest BCUT2D eigenvalue weighted by atomic mass is 10.0. The molecule has 2 aromatic carbocycles. The summed E-state index contributed by atoms with van der Waals surface area (Å²) in [5.74, 6) is -0.497. The fourth-order valence-electron chi connectivity index (χ4n) is 2.81. The number of nitrogens with zero attached hydrogens (tertiary/aromatic N) is 3. The molecule has 8 heteroatoms. The van der Waals surface area contributed by atoms with E-state index in [0.717, 1.165) is 5.56 Å². The smallest absolute Gasteiger partial charge is 0.241 e. The van der Waals surface area contributed by atoms with E-state index in [1.165, 1.54) is 18.5 Å². The molecular weight excluding hydrogens is 395 g/mol. The zero-order chi connectivity index (χ0) is 20.2. The van der Waals surface area contributed by atoms with Gasteiger partial charge in [0.05, 0.1) is 17.7 Å². The number of hydrogen-bond acceptors (Lipinski definition) is 5. The van der Waals surface area contributed by atoms with Crippen LogP contribution in [0.5, 0.6) is 0 Å². The highest BCUT2D eigenvalue weighted by molar-refractivity contribution is 6.30. The minimum atomic E-state index is -0.364. The maximum absolute atomic E-state index is 13.3. The number of aromatic nitrogens is 3. The zero-order valence-corrected chi connectivity index (χ0v) is 15.7. The first-order valence-electron chi connectivity index (χ1n) is 8.66. The molecule has 2 aromatic heterocycles. The van der Waals surface area contributed by atoms with Crippen molar-refractivity contribution in [3.8, 4) is 22.5 Å².